The van der Waals surface area contributed by atoms with E-state index in [0.717, 1.165) is 34.7 Å². The van der Waals surface area contributed by atoms with Crippen molar-refractivity contribution in [3.63, 3.8) is 0 Å². The molecule has 2 rings (SSSR count). The molecule has 7 heteroatoms. The number of rotatable bonds is 8. The second-order valence-electron chi connectivity index (χ2n) is 6.77. The largest absolute Gasteiger partial charge is 0.484 e. The van der Waals surface area contributed by atoms with Crippen molar-refractivity contribution >= 4 is 40.9 Å². The fourth-order valence-electron chi connectivity index (χ4n) is 2.64. The molecule has 0 saturated heterocycles. The molecular weight excluding hydrogens is 409 g/mol. The second-order valence-corrected chi connectivity index (χ2v) is 7.58. The van der Waals surface area contributed by atoms with Crippen LogP contribution in [0.4, 0.5) is 5.69 Å². The molecule has 5 nitrogen and oxygen atoms in total. The maximum atomic E-state index is 6.22. The highest BCUT2D eigenvalue weighted by Crippen LogP contribution is 2.30. The zero-order valence-corrected chi connectivity index (χ0v) is 19.2. The Morgan fingerprint density at radius 3 is 2.48 bits per heavy atom. The number of halogens is 2. The number of hydrogen-bond acceptors (Lipinski definition) is 4. The van der Waals surface area contributed by atoms with Gasteiger partial charge < -0.3 is 14.5 Å². The zero-order valence-electron chi connectivity index (χ0n) is 17.7. The van der Waals surface area contributed by atoms with E-state index in [0.29, 0.717) is 15.8 Å². The van der Waals surface area contributed by atoms with Gasteiger partial charge in [-0.05, 0) is 63.1 Å². The Balaban J connectivity index is 2.28. The quantitative estimate of drug-likeness (QED) is 0.288. The highest BCUT2D eigenvalue weighted by Gasteiger charge is 2.18. The monoisotopic (exact) mass is 435 g/mol. The zero-order chi connectivity index (χ0) is 21.6. The van der Waals surface area contributed by atoms with Crippen LogP contribution in [0.15, 0.2) is 40.5 Å². The van der Waals surface area contributed by atoms with E-state index in [9.17, 15) is 0 Å². The highest BCUT2D eigenvalue weighted by atomic mass is 35.5. The number of nitrogens with zero attached hydrogens (tertiary/aromatic N) is 3. The first-order valence-corrected chi connectivity index (χ1v) is 10.1. The van der Waals surface area contributed by atoms with Crippen LogP contribution in [0.1, 0.15) is 30.5 Å². The SMILES string of the molecule is CCN(C)C=Nc1cc(C)c(OC(C)/C(=N\OC)c2ccc(Cl)c(Cl)c2)cc1C. The average Bonchev–Trinajstić information content (AvgIpc) is 2.69. The molecule has 0 heterocycles. The Bertz CT molecular complexity index is 913. The predicted molar refractivity (Wildman–Crippen MR) is 122 cm³/mol. The summed E-state index contributed by atoms with van der Waals surface area (Å²) >= 11 is 12.2. The molecule has 0 bridgehead atoms. The summed E-state index contributed by atoms with van der Waals surface area (Å²) in [5.74, 6) is 0.765. The van der Waals surface area contributed by atoms with Crippen molar-refractivity contribution in [1.82, 2.24) is 4.90 Å². The summed E-state index contributed by atoms with van der Waals surface area (Å²) in [6.45, 7) is 8.90. The number of aliphatic imine (C=N–C) groups is 1. The molecule has 0 N–H and O–H groups in total. The summed E-state index contributed by atoms with van der Waals surface area (Å²) in [4.78, 5) is 11.6. The van der Waals surface area contributed by atoms with Gasteiger partial charge in [0.2, 0.25) is 0 Å². The molecule has 1 unspecified atom stereocenters. The summed E-state index contributed by atoms with van der Waals surface area (Å²) in [5.41, 5.74) is 4.33. The molecular formula is C22H27Cl2N3O2. The topological polar surface area (TPSA) is 46.4 Å². The third-order valence-electron chi connectivity index (χ3n) is 4.48. The minimum atomic E-state index is -0.370. The van der Waals surface area contributed by atoms with E-state index in [1.807, 2.05) is 57.3 Å². The van der Waals surface area contributed by atoms with E-state index < -0.39 is 0 Å². The van der Waals surface area contributed by atoms with E-state index in [1.165, 1.54) is 7.11 Å². The smallest absolute Gasteiger partial charge is 0.142 e. The average molecular weight is 436 g/mol. The van der Waals surface area contributed by atoms with Crippen LogP contribution in [0, 0.1) is 13.8 Å². The fourth-order valence-corrected chi connectivity index (χ4v) is 2.94. The van der Waals surface area contributed by atoms with Crippen LogP contribution in [0.25, 0.3) is 0 Å². The highest BCUT2D eigenvalue weighted by molar-refractivity contribution is 6.42. The van der Waals surface area contributed by atoms with Crippen LogP contribution in [-0.4, -0.2) is 43.8 Å². The molecule has 156 valence electrons. The molecule has 29 heavy (non-hydrogen) atoms. The van der Waals surface area contributed by atoms with Gasteiger partial charge >= 0.3 is 0 Å². The van der Waals surface area contributed by atoms with Crippen molar-refractivity contribution in [2.75, 3.05) is 20.7 Å². The normalized spacial score (nSPS) is 12.9. The molecule has 0 spiro atoms. The Kier molecular flexibility index (Phi) is 8.35. The maximum Gasteiger partial charge on any atom is 0.142 e. The first kappa shape index (κ1) is 23.0. The standard InChI is InChI=1S/C22H27Cl2N3O2/c1-7-27(5)13-25-20-10-15(3)21(11-14(20)2)29-16(4)22(26-28-6)17-8-9-18(23)19(24)12-17/h8-13,16H,7H2,1-6H3/b25-13?,26-22+. The van der Waals surface area contributed by atoms with Crippen molar-refractivity contribution in [3.8, 4) is 5.75 Å². The first-order chi connectivity index (χ1) is 13.8. The summed E-state index contributed by atoms with van der Waals surface area (Å²) < 4.78 is 6.22. The molecule has 0 amide bonds. The molecule has 2 aromatic rings. The minimum absolute atomic E-state index is 0.370. The lowest BCUT2D eigenvalue weighted by Crippen LogP contribution is -2.25. The molecule has 0 saturated carbocycles. The lowest BCUT2D eigenvalue weighted by molar-refractivity contribution is 0.204. The van der Waals surface area contributed by atoms with Crippen molar-refractivity contribution in [2.45, 2.75) is 33.8 Å². The fraction of sp³-hybridized carbons (Fsp3) is 0.364. The van der Waals surface area contributed by atoms with Gasteiger partial charge in [0.1, 0.15) is 24.7 Å². The summed E-state index contributed by atoms with van der Waals surface area (Å²) in [5, 5.41) is 5.08. The van der Waals surface area contributed by atoms with E-state index in [-0.39, 0.29) is 6.10 Å². The van der Waals surface area contributed by atoms with Crippen molar-refractivity contribution in [1.29, 1.82) is 0 Å². The van der Waals surface area contributed by atoms with Crippen molar-refractivity contribution in [2.24, 2.45) is 10.1 Å². The van der Waals surface area contributed by atoms with Gasteiger partial charge in [0.25, 0.3) is 0 Å². The van der Waals surface area contributed by atoms with E-state index >= 15 is 0 Å². The molecule has 1 atom stereocenters. The lowest BCUT2D eigenvalue weighted by Gasteiger charge is -2.19. The van der Waals surface area contributed by atoms with Gasteiger partial charge in [0, 0.05) is 19.2 Å². The summed E-state index contributed by atoms with van der Waals surface area (Å²) in [7, 11) is 3.49. The Labute approximate surface area is 182 Å². The number of oxime groups is 1. The lowest BCUT2D eigenvalue weighted by atomic mass is 10.1. The third-order valence-corrected chi connectivity index (χ3v) is 5.22. The van der Waals surface area contributed by atoms with Crippen LogP contribution < -0.4 is 4.74 Å². The molecule has 0 aromatic heterocycles. The molecule has 0 aliphatic heterocycles. The predicted octanol–water partition coefficient (Wildman–Crippen LogP) is 6.04. The molecule has 0 radical (unpaired) electrons. The van der Waals surface area contributed by atoms with Gasteiger partial charge in [-0.15, -0.1) is 0 Å². The summed E-state index contributed by atoms with van der Waals surface area (Å²) in [6, 6.07) is 9.33. The number of benzene rings is 2. The van der Waals surface area contributed by atoms with Crippen molar-refractivity contribution < 1.29 is 9.57 Å². The van der Waals surface area contributed by atoms with Crippen LogP contribution >= 0.6 is 23.2 Å². The van der Waals surface area contributed by atoms with E-state index in [4.69, 9.17) is 32.8 Å². The van der Waals surface area contributed by atoms with E-state index in [1.54, 1.807) is 12.1 Å². The number of aryl methyl sites for hydroxylation is 2. The molecule has 2 aromatic carbocycles. The maximum absolute atomic E-state index is 6.22. The Morgan fingerprint density at radius 2 is 1.86 bits per heavy atom. The second kappa shape index (κ2) is 10.5. The first-order valence-electron chi connectivity index (χ1n) is 9.35. The van der Waals surface area contributed by atoms with E-state index in [2.05, 4.69) is 17.1 Å². The molecule has 0 aliphatic rings. The number of ether oxygens (including phenoxy) is 1. The minimum Gasteiger partial charge on any atom is -0.484 e. The number of hydrogen-bond donors (Lipinski definition) is 0. The molecule has 0 fully saturated rings. The van der Waals surface area contributed by atoms with Crippen LogP contribution in [0.2, 0.25) is 10.0 Å². The summed E-state index contributed by atoms with van der Waals surface area (Å²) in [6.07, 6.45) is 1.46. The van der Waals surface area contributed by atoms with Crippen LogP contribution in [-0.2, 0) is 4.84 Å². The van der Waals surface area contributed by atoms with Gasteiger partial charge in [0.05, 0.1) is 22.1 Å². The van der Waals surface area contributed by atoms with Crippen molar-refractivity contribution in [3.05, 3.63) is 57.1 Å². The van der Waals surface area contributed by atoms with Crippen LogP contribution in [0.5, 0.6) is 5.75 Å². The Hall–Kier alpha value is -2.24. The van der Waals surface area contributed by atoms with Gasteiger partial charge in [-0.25, -0.2) is 4.99 Å². The van der Waals surface area contributed by atoms with Gasteiger partial charge in [0.15, 0.2) is 0 Å². The Morgan fingerprint density at radius 1 is 1.14 bits per heavy atom. The van der Waals surface area contributed by atoms with Gasteiger partial charge in [-0.1, -0.05) is 34.4 Å². The van der Waals surface area contributed by atoms with Gasteiger partial charge in [-0.3, -0.25) is 0 Å². The molecule has 0 aliphatic carbocycles. The third kappa shape index (κ3) is 6.12. The van der Waals surface area contributed by atoms with Gasteiger partial charge in [-0.2, -0.15) is 0 Å². The van der Waals surface area contributed by atoms with Crippen LogP contribution in [0.3, 0.4) is 0 Å².